The Balaban J connectivity index is 0.000000561. The lowest BCUT2D eigenvalue weighted by molar-refractivity contribution is 0.388. The maximum atomic E-state index is 3.53. The number of hydrogen-bond acceptors (Lipinski definition) is 2. The van der Waals surface area contributed by atoms with Crippen molar-refractivity contribution in [1.82, 2.24) is 10.6 Å². The summed E-state index contributed by atoms with van der Waals surface area (Å²) in [5, 5.41) is 6.88. The maximum Gasteiger partial charge on any atom is 0.00912 e. The van der Waals surface area contributed by atoms with Crippen LogP contribution in [0.15, 0.2) is 0 Å². The Kier molecular flexibility index (Phi) is 8.95. The molecule has 0 aromatic rings. The van der Waals surface area contributed by atoms with E-state index in [0.717, 1.165) is 6.04 Å². The van der Waals surface area contributed by atoms with Gasteiger partial charge in [-0.3, -0.25) is 0 Å². The first-order chi connectivity index (χ1) is 5.93. The zero-order valence-corrected chi connectivity index (χ0v) is 8.82. The molecule has 2 N–H and O–H groups in total. The van der Waals surface area contributed by atoms with Crippen LogP contribution in [0.4, 0.5) is 0 Å². The van der Waals surface area contributed by atoms with Gasteiger partial charge < -0.3 is 10.6 Å². The third kappa shape index (κ3) is 5.56. The van der Waals surface area contributed by atoms with Crippen molar-refractivity contribution in [2.75, 3.05) is 19.6 Å². The Morgan fingerprint density at radius 1 is 1.25 bits per heavy atom. The van der Waals surface area contributed by atoms with Crippen LogP contribution in [0.25, 0.3) is 0 Å². The van der Waals surface area contributed by atoms with E-state index in [4.69, 9.17) is 0 Å². The van der Waals surface area contributed by atoms with E-state index in [1.165, 1.54) is 38.9 Å². The second-order valence-electron chi connectivity index (χ2n) is 2.98. The van der Waals surface area contributed by atoms with Gasteiger partial charge in [-0.15, -0.1) is 0 Å². The normalized spacial score (nSPS) is 18.2. The van der Waals surface area contributed by atoms with Crippen molar-refractivity contribution in [3.63, 3.8) is 0 Å². The molecule has 1 aliphatic heterocycles. The van der Waals surface area contributed by atoms with Crippen LogP contribution in [0.1, 0.15) is 40.0 Å². The molecule has 0 aliphatic carbocycles. The molecule has 0 aromatic carbocycles. The summed E-state index contributed by atoms with van der Waals surface area (Å²) in [5.41, 5.74) is 0. The molecule has 1 rings (SSSR count). The second-order valence-corrected chi connectivity index (χ2v) is 2.98. The summed E-state index contributed by atoms with van der Waals surface area (Å²) < 4.78 is 0. The monoisotopic (exact) mass is 172 g/mol. The Morgan fingerprint density at radius 3 is 2.33 bits per heavy atom. The molecular weight excluding hydrogens is 148 g/mol. The highest BCUT2D eigenvalue weighted by Gasteiger charge is 2.10. The van der Waals surface area contributed by atoms with Crippen LogP contribution in [0.5, 0.6) is 0 Å². The molecule has 0 amide bonds. The van der Waals surface area contributed by atoms with Gasteiger partial charge in [0.05, 0.1) is 0 Å². The first-order valence-corrected chi connectivity index (χ1v) is 5.37. The quantitative estimate of drug-likeness (QED) is 0.678. The summed E-state index contributed by atoms with van der Waals surface area (Å²) in [4.78, 5) is 0. The van der Waals surface area contributed by atoms with Gasteiger partial charge in [0.15, 0.2) is 0 Å². The van der Waals surface area contributed by atoms with Crippen molar-refractivity contribution in [3.8, 4) is 0 Å². The number of rotatable bonds is 3. The second kappa shape index (κ2) is 9.01. The molecule has 0 unspecified atom stereocenters. The first kappa shape index (κ1) is 11.9. The fourth-order valence-electron chi connectivity index (χ4n) is 1.37. The van der Waals surface area contributed by atoms with E-state index in [1.54, 1.807) is 0 Å². The van der Waals surface area contributed by atoms with E-state index in [9.17, 15) is 0 Å². The van der Waals surface area contributed by atoms with E-state index < -0.39 is 0 Å². The summed E-state index contributed by atoms with van der Waals surface area (Å²) >= 11 is 0. The predicted molar refractivity (Wildman–Crippen MR) is 55.5 cm³/mol. The number of nitrogens with one attached hydrogen (secondary N) is 2. The lowest BCUT2D eigenvalue weighted by Gasteiger charge is -2.23. The highest BCUT2D eigenvalue weighted by Crippen LogP contribution is 2.00. The van der Waals surface area contributed by atoms with Crippen LogP contribution in [0.3, 0.4) is 0 Å². The van der Waals surface area contributed by atoms with E-state index in [0.29, 0.717) is 0 Å². The van der Waals surface area contributed by atoms with E-state index in [1.807, 2.05) is 13.8 Å². The van der Waals surface area contributed by atoms with E-state index in [-0.39, 0.29) is 0 Å². The van der Waals surface area contributed by atoms with Crippen molar-refractivity contribution >= 4 is 0 Å². The molecule has 12 heavy (non-hydrogen) atoms. The van der Waals surface area contributed by atoms with Gasteiger partial charge in [0.25, 0.3) is 0 Å². The molecule has 0 spiro atoms. The smallest absolute Gasteiger partial charge is 0.00912 e. The molecule has 0 bridgehead atoms. The van der Waals surface area contributed by atoms with Gasteiger partial charge in [-0.2, -0.15) is 0 Å². The van der Waals surface area contributed by atoms with E-state index >= 15 is 0 Å². The average molecular weight is 172 g/mol. The predicted octanol–water partition coefficient (Wildman–Crippen LogP) is 1.76. The van der Waals surface area contributed by atoms with Crippen LogP contribution >= 0.6 is 0 Å². The van der Waals surface area contributed by atoms with Crippen LogP contribution in [-0.4, -0.2) is 25.7 Å². The zero-order chi connectivity index (χ0) is 9.23. The van der Waals surface area contributed by atoms with Crippen LogP contribution in [-0.2, 0) is 0 Å². The molecule has 1 fully saturated rings. The lowest BCUT2D eigenvalue weighted by Crippen LogP contribution is -2.40. The maximum absolute atomic E-state index is 3.53. The fraction of sp³-hybridized carbons (Fsp3) is 1.00. The third-order valence-corrected chi connectivity index (χ3v) is 2.02. The molecule has 0 saturated carbocycles. The summed E-state index contributed by atoms with van der Waals surface area (Å²) in [6, 6.07) is 0.793. The van der Waals surface area contributed by atoms with Gasteiger partial charge in [0.2, 0.25) is 0 Å². The molecular formula is C10H24N2. The minimum atomic E-state index is 0.793. The number of piperidine rings is 1. The molecule has 0 radical (unpaired) electrons. The molecule has 2 nitrogen and oxygen atoms in total. The van der Waals surface area contributed by atoms with Crippen LogP contribution in [0, 0.1) is 0 Å². The summed E-state index contributed by atoms with van der Waals surface area (Å²) in [6.45, 7) is 9.79. The highest BCUT2D eigenvalue weighted by molar-refractivity contribution is 4.73. The zero-order valence-electron chi connectivity index (χ0n) is 8.82. The summed E-state index contributed by atoms with van der Waals surface area (Å²) in [7, 11) is 0. The Bertz CT molecular complexity index is 77.9. The van der Waals surface area contributed by atoms with Crippen molar-refractivity contribution in [3.05, 3.63) is 0 Å². The Morgan fingerprint density at radius 2 is 1.83 bits per heavy atom. The molecule has 0 atom stereocenters. The van der Waals surface area contributed by atoms with Gasteiger partial charge in [0.1, 0.15) is 0 Å². The molecule has 1 saturated heterocycles. The Hall–Kier alpha value is -0.0800. The molecule has 1 heterocycles. The van der Waals surface area contributed by atoms with Crippen LogP contribution < -0.4 is 10.6 Å². The van der Waals surface area contributed by atoms with E-state index in [2.05, 4.69) is 17.6 Å². The first-order valence-electron chi connectivity index (χ1n) is 5.37. The van der Waals surface area contributed by atoms with Gasteiger partial charge in [0, 0.05) is 6.04 Å². The Labute approximate surface area is 77.1 Å². The SMILES string of the molecule is CC.CCCNC1CCNCC1. The minimum Gasteiger partial charge on any atom is -0.317 e. The molecule has 0 aromatic heterocycles. The van der Waals surface area contributed by atoms with Crippen molar-refractivity contribution < 1.29 is 0 Å². The highest BCUT2D eigenvalue weighted by atomic mass is 15.0. The largest absolute Gasteiger partial charge is 0.317 e. The summed E-state index contributed by atoms with van der Waals surface area (Å²) in [6.07, 6.45) is 3.87. The van der Waals surface area contributed by atoms with Crippen molar-refractivity contribution in [1.29, 1.82) is 0 Å². The lowest BCUT2D eigenvalue weighted by atomic mass is 10.1. The van der Waals surface area contributed by atoms with Crippen molar-refractivity contribution in [2.45, 2.75) is 46.1 Å². The molecule has 74 valence electrons. The fourth-order valence-corrected chi connectivity index (χ4v) is 1.37. The van der Waals surface area contributed by atoms with Gasteiger partial charge >= 0.3 is 0 Å². The average Bonchev–Trinajstić information content (AvgIpc) is 2.19. The standard InChI is InChI=1S/C8H18N2.C2H6/c1-2-5-10-8-3-6-9-7-4-8;1-2/h8-10H,2-7H2,1H3;1-2H3. The number of hydrogen-bond donors (Lipinski definition) is 2. The van der Waals surface area contributed by atoms with Gasteiger partial charge in [-0.05, 0) is 38.9 Å². The van der Waals surface area contributed by atoms with Gasteiger partial charge in [-0.1, -0.05) is 20.8 Å². The van der Waals surface area contributed by atoms with Crippen LogP contribution in [0.2, 0.25) is 0 Å². The third-order valence-electron chi connectivity index (χ3n) is 2.02. The van der Waals surface area contributed by atoms with Crippen molar-refractivity contribution in [2.24, 2.45) is 0 Å². The molecule has 1 aliphatic rings. The van der Waals surface area contributed by atoms with Gasteiger partial charge in [-0.25, -0.2) is 0 Å². The molecule has 2 heteroatoms. The minimum absolute atomic E-state index is 0.793. The topological polar surface area (TPSA) is 24.1 Å². The summed E-state index contributed by atoms with van der Waals surface area (Å²) in [5.74, 6) is 0.